The predicted octanol–water partition coefficient (Wildman–Crippen LogP) is 6.61. The van der Waals surface area contributed by atoms with Gasteiger partial charge < -0.3 is 14.4 Å². The van der Waals surface area contributed by atoms with Crippen LogP contribution in [0.4, 0.5) is 22.0 Å². The minimum absolute atomic E-state index is 0.0519. The molecule has 0 aliphatic rings. The summed E-state index contributed by atoms with van der Waals surface area (Å²) < 4.78 is 74.4. The number of esters is 1. The first-order chi connectivity index (χ1) is 16.2. The van der Waals surface area contributed by atoms with Gasteiger partial charge in [0.1, 0.15) is 5.69 Å². The zero-order valence-electron chi connectivity index (χ0n) is 18.3. The van der Waals surface area contributed by atoms with E-state index in [4.69, 9.17) is 0 Å². The summed E-state index contributed by atoms with van der Waals surface area (Å²) in [5.41, 5.74) is 0.196. The Labute approximate surface area is 191 Å². The number of aryl methyl sites for hydroxylation is 1. The molecule has 3 rings (SSSR count). The maximum absolute atomic E-state index is 14.0. The second-order valence-electron chi connectivity index (χ2n) is 7.82. The Morgan fingerprint density at radius 3 is 2.06 bits per heavy atom. The van der Waals surface area contributed by atoms with Crippen molar-refractivity contribution >= 4 is 22.8 Å². The summed E-state index contributed by atoms with van der Waals surface area (Å²) in [6.45, 7) is 2.38. The summed E-state index contributed by atoms with van der Waals surface area (Å²) in [6.07, 6.45) is 5.63. The van der Waals surface area contributed by atoms with E-state index >= 15 is 0 Å². The first kappa shape index (κ1) is 25.2. The van der Waals surface area contributed by atoms with Crippen molar-refractivity contribution in [2.45, 2.75) is 52.0 Å². The minimum atomic E-state index is -2.37. The lowest BCUT2D eigenvalue weighted by Gasteiger charge is -2.12. The van der Waals surface area contributed by atoms with Crippen LogP contribution < -0.4 is 4.74 Å². The molecule has 0 aliphatic carbocycles. The summed E-state index contributed by atoms with van der Waals surface area (Å²) in [7, 11) is 0. The number of carbonyl (C=O) groups is 2. The van der Waals surface area contributed by atoms with Crippen LogP contribution in [0.1, 0.15) is 66.3 Å². The van der Waals surface area contributed by atoms with Crippen LogP contribution in [0, 0.1) is 29.1 Å². The molecule has 1 aromatic heterocycles. The molecular formula is C24H22F5NO4. The van der Waals surface area contributed by atoms with Crippen molar-refractivity contribution in [1.82, 2.24) is 4.57 Å². The normalized spacial score (nSPS) is 11.2. The van der Waals surface area contributed by atoms with Gasteiger partial charge in [0.15, 0.2) is 0 Å². The third-order valence-electron chi connectivity index (χ3n) is 5.46. The molecule has 0 saturated heterocycles. The van der Waals surface area contributed by atoms with E-state index in [1.165, 1.54) is 28.8 Å². The van der Waals surface area contributed by atoms with E-state index in [9.17, 15) is 36.6 Å². The summed E-state index contributed by atoms with van der Waals surface area (Å²) in [6, 6.07) is 5.38. The van der Waals surface area contributed by atoms with Crippen molar-refractivity contribution in [2.75, 3.05) is 0 Å². The third kappa shape index (κ3) is 5.05. The lowest BCUT2D eigenvalue weighted by atomic mass is 10.1. The maximum atomic E-state index is 14.0. The Bertz CT molecular complexity index is 1210. The maximum Gasteiger partial charge on any atom is 0.360 e. The highest BCUT2D eigenvalue weighted by Gasteiger charge is 2.30. The number of carbonyl (C=O) groups excluding carboxylic acids is 1. The quantitative estimate of drug-likeness (QED) is 0.0880. The SMILES string of the molecule is CCCCCCCCn1c(C(=O)Oc2c(F)c(F)c(F)c(F)c2F)cc2cc(C(=O)O)ccc21. The molecule has 0 unspecified atom stereocenters. The molecule has 34 heavy (non-hydrogen) atoms. The predicted molar refractivity (Wildman–Crippen MR) is 113 cm³/mol. The molecule has 0 spiro atoms. The molecule has 10 heteroatoms. The van der Waals surface area contributed by atoms with Gasteiger partial charge in [-0.05, 0) is 30.7 Å². The number of halogens is 5. The van der Waals surface area contributed by atoms with Crippen LogP contribution in [0.15, 0.2) is 24.3 Å². The summed E-state index contributed by atoms with van der Waals surface area (Å²) in [5, 5.41) is 9.56. The van der Waals surface area contributed by atoms with Gasteiger partial charge in [0.25, 0.3) is 0 Å². The lowest BCUT2D eigenvalue weighted by molar-refractivity contribution is 0.0690. The fraction of sp³-hybridized carbons (Fsp3) is 0.333. The molecule has 0 aliphatic heterocycles. The molecule has 1 N–H and O–H groups in total. The lowest BCUT2D eigenvalue weighted by Crippen LogP contribution is -2.17. The van der Waals surface area contributed by atoms with Crippen molar-refractivity contribution in [3.05, 3.63) is 64.6 Å². The van der Waals surface area contributed by atoms with Crippen LogP contribution >= 0.6 is 0 Å². The van der Waals surface area contributed by atoms with Crippen LogP contribution in [-0.4, -0.2) is 21.6 Å². The van der Waals surface area contributed by atoms with Crippen LogP contribution in [0.25, 0.3) is 10.9 Å². The topological polar surface area (TPSA) is 68.5 Å². The fourth-order valence-corrected chi connectivity index (χ4v) is 3.68. The number of aromatic nitrogens is 1. The highest BCUT2D eigenvalue weighted by atomic mass is 19.2. The van der Waals surface area contributed by atoms with Crippen LogP contribution in [-0.2, 0) is 6.54 Å². The number of carboxylic acids is 1. The number of nitrogens with zero attached hydrogens (tertiary/aromatic N) is 1. The Morgan fingerprint density at radius 2 is 1.44 bits per heavy atom. The molecular weight excluding hydrogens is 461 g/mol. The van der Waals surface area contributed by atoms with Crippen LogP contribution in [0.2, 0.25) is 0 Å². The number of aromatic carboxylic acids is 1. The van der Waals surface area contributed by atoms with Crippen molar-refractivity contribution in [1.29, 1.82) is 0 Å². The Morgan fingerprint density at radius 1 is 0.853 bits per heavy atom. The van der Waals surface area contributed by atoms with Crippen LogP contribution in [0.5, 0.6) is 5.75 Å². The average molecular weight is 483 g/mol. The van der Waals surface area contributed by atoms with Crippen molar-refractivity contribution in [3.8, 4) is 5.75 Å². The molecule has 0 atom stereocenters. The second kappa shape index (κ2) is 10.7. The van der Waals surface area contributed by atoms with Gasteiger partial charge in [0, 0.05) is 17.4 Å². The number of hydrogen-bond donors (Lipinski definition) is 1. The molecule has 2 aromatic carbocycles. The van der Waals surface area contributed by atoms with Gasteiger partial charge in [0.2, 0.25) is 34.8 Å². The molecule has 0 saturated carbocycles. The number of unbranched alkanes of at least 4 members (excludes halogenated alkanes) is 5. The van der Waals surface area contributed by atoms with Crippen LogP contribution in [0.3, 0.4) is 0 Å². The minimum Gasteiger partial charge on any atom is -0.478 e. The highest BCUT2D eigenvalue weighted by molar-refractivity contribution is 5.99. The molecule has 3 aromatic rings. The zero-order valence-corrected chi connectivity index (χ0v) is 18.3. The van der Waals surface area contributed by atoms with Crippen molar-refractivity contribution in [3.63, 3.8) is 0 Å². The van der Waals surface area contributed by atoms with E-state index < -0.39 is 46.8 Å². The first-order valence-electron chi connectivity index (χ1n) is 10.8. The number of rotatable bonds is 10. The second-order valence-corrected chi connectivity index (χ2v) is 7.82. The number of fused-ring (bicyclic) bond motifs is 1. The molecule has 0 amide bonds. The summed E-state index contributed by atoms with van der Waals surface area (Å²) >= 11 is 0. The van der Waals surface area contributed by atoms with E-state index in [2.05, 4.69) is 11.7 Å². The standard InChI is InChI=1S/C24H22F5NO4/c1-2-3-4-5-6-7-10-30-15-9-8-13(23(31)32)11-14(15)12-16(30)24(33)34-22-20(28)18(26)17(25)19(27)21(22)29/h8-9,11-12H,2-7,10H2,1H3,(H,31,32). The summed E-state index contributed by atoms with van der Waals surface area (Å²) in [5.74, 6) is -15.6. The average Bonchev–Trinajstić information content (AvgIpc) is 3.19. The number of benzene rings is 2. The Kier molecular flexibility index (Phi) is 7.90. The zero-order chi connectivity index (χ0) is 25.0. The number of carboxylic acid groups (broad SMARTS) is 1. The molecule has 0 bridgehead atoms. The van der Waals surface area contributed by atoms with Gasteiger partial charge in [-0.25, -0.2) is 22.8 Å². The Hall–Kier alpha value is -3.43. The molecule has 0 fully saturated rings. The molecule has 182 valence electrons. The largest absolute Gasteiger partial charge is 0.478 e. The highest BCUT2D eigenvalue weighted by Crippen LogP contribution is 2.31. The van der Waals surface area contributed by atoms with E-state index in [0.29, 0.717) is 23.9 Å². The van der Waals surface area contributed by atoms with Gasteiger partial charge in [-0.1, -0.05) is 39.0 Å². The number of hydrogen-bond acceptors (Lipinski definition) is 3. The van der Waals surface area contributed by atoms with E-state index in [-0.39, 0.29) is 11.3 Å². The van der Waals surface area contributed by atoms with E-state index in [0.717, 1.165) is 32.1 Å². The first-order valence-corrected chi connectivity index (χ1v) is 10.8. The van der Waals surface area contributed by atoms with Gasteiger partial charge >= 0.3 is 11.9 Å². The van der Waals surface area contributed by atoms with Crippen molar-refractivity contribution < 1.29 is 41.4 Å². The van der Waals surface area contributed by atoms with Gasteiger partial charge in [-0.2, -0.15) is 8.78 Å². The third-order valence-corrected chi connectivity index (χ3v) is 5.46. The molecule has 0 radical (unpaired) electrons. The smallest absolute Gasteiger partial charge is 0.360 e. The molecule has 1 heterocycles. The van der Waals surface area contributed by atoms with Gasteiger partial charge in [-0.3, -0.25) is 0 Å². The fourth-order valence-electron chi connectivity index (χ4n) is 3.68. The van der Waals surface area contributed by atoms with Gasteiger partial charge in [-0.15, -0.1) is 0 Å². The Balaban J connectivity index is 1.96. The number of ether oxygens (including phenoxy) is 1. The monoisotopic (exact) mass is 483 g/mol. The van der Waals surface area contributed by atoms with Crippen molar-refractivity contribution in [2.24, 2.45) is 0 Å². The summed E-state index contributed by atoms with van der Waals surface area (Å²) in [4.78, 5) is 24.1. The van der Waals surface area contributed by atoms with E-state index in [1.807, 2.05) is 0 Å². The van der Waals surface area contributed by atoms with Gasteiger partial charge in [0.05, 0.1) is 5.56 Å². The molecule has 5 nitrogen and oxygen atoms in total. The van der Waals surface area contributed by atoms with E-state index in [1.54, 1.807) is 0 Å².